The maximum Gasteiger partial charge on any atom is 0.322 e. The predicted octanol–water partition coefficient (Wildman–Crippen LogP) is 3.66. The molecule has 2 heterocycles. The summed E-state index contributed by atoms with van der Waals surface area (Å²) in [5.41, 5.74) is 2.12. The summed E-state index contributed by atoms with van der Waals surface area (Å²) in [6.07, 6.45) is 4.75. The summed E-state index contributed by atoms with van der Waals surface area (Å²) in [6.45, 7) is 5.01. The molecule has 1 aromatic carbocycles. The highest BCUT2D eigenvalue weighted by molar-refractivity contribution is 6.00. The van der Waals surface area contributed by atoms with Crippen LogP contribution >= 0.6 is 0 Å². The van der Waals surface area contributed by atoms with Gasteiger partial charge in [-0.15, -0.1) is 0 Å². The molecule has 2 aromatic rings. The molecular formula is C23H28N4O3. The van der Waals surface area contributed by atoms with Crippen LogP contribution in [-0.2, 0) is 17.9 Å². The number of urea groups is 1. The van der Waals surface area contributed by atoms with E-state index in [1.807, 2.05) is 38.1 Å². The Balaban J connectivity index is 1.61. The van der Waals surface area contributed by atoms with Crippen LogP contribution in [0.4, 0.5) is 16.2 Å². The van der Waals surface area contributed by atoms with E-state index in [2.05, 4.69) is 10.6 Å². The largest absolute Gasteiger partial charge is 0.324 e. The smallest absolute Gasteiger partial charge is 0.322 e. The van der Waals surface area contributed by atoms with Crippen LogP contribution in [0.25, 0.3) is 0 Å². The van der Waals surface area contributed by atoms with Gasteiger partial charge in [0.15, 0.2) is 0 Å². The van der Waals surface area contributed by atoms with Gasteiger partial charge in [0.2, 0.25) is 5.91 Å². The number of para-hydroxylation sites is 1. The fourth-order valence-electron chi connectivity index (χ4n) is 3.92. The average molecular weight is 409 g/mol. The molecule has 1 fully saturated rings. The molecule has 2 N–H and O–H groups in total. The van der Waals surface area contributed by atoms with Crippen LogP contribution in [0.2, 0.25) is 0 Å². The number of carbonyl (C=O) groups is 2. The second-order valence-corrected chi connectivity index (χ2v) is 8.39. The van der Waals surface area contributed by atoms with Gasteiger partial charge in [-0.2, -0.15) is 0 Å². The summed E-state index contributed by atoms with van der Waals surface area (Å²) >= 11 is 0. The average Bonchev–Trinajstić information content (AvgIpc) is 3.55. The molecule has 30 heavy (non-hydrogen) atoms. The number of rotatable bonds is 5. The van der Waals surface area contributed by atoms with Crippen molar-refractivity contribution in [3.05, 3.63) is 58.5 Å². The van der Waals surface area contributed by atoms with Gasteiger partial charge in [-0.1, -0.05) is 38.5 Å². The number of benzene rings is 1. The van der Waals surface area contributed by atoms with Crippen LogP contribution in [0.5, 0.6) is 0 Å². The van der Waals surface area contributed by atoms with Crippen molar-refractivity contribution in [1.29, 1.82) is 0 Å². The van der Waals surface area contributed by atoms with Crippen molar-refractivity contribution in [3.63, 3.8) is 0 Å². The molecule has 7 nitrogen and oxygen atoms in total. The SMILES string of the molecule is CC[C@H](C)[C@H]1C(=O)Nc2ccccc2CN1C(=O)Nc1ccc(=O)n(CC2CC2)c1. The number of anilines is 2. The fraction of sp³-hybridized carbons (Fsp3) is 0.435. The molecule has 0 unspecified atom stereocenters. The second-order valence-electron chi connectivity index (χ2n) is 8.39. The highest BCUT2D eigenvalue weighted by Gasteiger charge is 2.36. The molecular weight excluding hydrogens is 380 g/mol. The van der Waals surface area contributed by atoms with Crippen LogP contribution in [0.1, 0.15) is 38.7 Å². The predicted molar refractivity (Wildman–Crippen MR) is 116 cm³/mol. The molecule has 1 aromatic heterocycles. The zero-order valence-electron chi connectivity index (χ0n) is 17.4. The third-order valence-corrected chi connectivity index (χ3v) is 6.05. The monoisotopic (exact) mass is 408 g/mol. The first-order valence-corrected chi connectivity index (χ1v) is 10.6. The molecule has 2 aliphatic rings. The summed E-state index contributed by atoms with van der Waals surface area (Å²) in [5, 5.41) is 5.88. The van der Waals surface area contributed by atoms with E-state index in [0.717, 1.165) is 30.5 Å². The Bertz CT molecular complexity index is 1010. The number of nitrogens with one attached hydrogen (secondary N) is 2. The lowest BCUT2D eigenvalue weighted by Gasteiger charge is -2.32. The summed E-state index contributed by atoms with van der Waals surface area (Å²) in [6, 6.07) is 9.72. The molecule has 7 heteroatoms. The van der Waals surface area contributed by atoms with Gasteiger partial charge in [-0.3, -0.25) is 9.59 Å². The fourth-order valence-corrected chi connectivity index (χ4v) is 3.92. The van der Waals surface area contributed by atoms with E-state index in [1.165, 1.54) is 6.07 Å². The van der Waals surface area contributed by atoms with Crippen molar-refractivity contribution in [2.75, 3.05) is 10.6 Å². The molecule has 0 spiro atoms. The van der Waals surface area contributed by atoms with Crippen molar-refractivity contribution in [2.45, 2.75) is 52.2 Å². The lowest BCUT2D eigenvalue weighted by molar-refractivity contribution is -0.121. The Morgan fingerprint density at radius 3 is 2.70 bits per heavy atom. The molecule has 2 atom stereocenters. The van der Waals surface area contributed by atoms with Crippen molar-refractivity contribution in [3.8, 4) is 0 Å². The van der Waals surface area contributed by atoms with E-state index in [4.69, 9.17) is 0 Å². The normalized spacial score (nSPS) is 19.5. The minimum atomic E-state index is -0.584. The van der Waals surface area contributed by atoms with Crippen molar-refractivity contribution >= 4 is 23.3 Å². The lowest BCUT2D eigenvalue weighted by Crippen LogP contribution is -2.50. The van der Waals surface area contributed by atoms with E-state index < -0.39 is 6.04 Å². The van der Waals surface area contributed by atoms with Crippen LogP contribution in [0.3, 0.4) is 0 Å². The highest BCUT2D eigenvalue weighted by atomic mass is 16.2. The molecule has 1 saturated carbocycles. The van der Waals surface area contributed by atoms with Crippen LogP contribution < -0.4 is 16.2 Å². The first-order valence-electron chi connectivity index (χ1n) is 10.6. The van der Waals surface area contributed by atoms with Gasteiger partial charge < -0.3 is 20.1 Å². The van der Waals surface area contributed by atoms with Crippen LogP contribution in [0.15, 0.2) is 47.4 Å². The zero-order valence-corrected chi connectivity index (χ0v) is 17.4. The number of aromatic nitrogens is 1. The standard InChI is InChI=1S/C23H28N4O3/c1-3-15(2)21-22(29)25-19-7-5-4-6-17(19)13-27(21)23(30)24-18-10-11-20(28)26(14-18)12-16-8-9-16/h4-7,10-11,14-16,21H,3,8-9,12-13H2,1-2H3,(H,24,30)(H,25,29)/t15-,21-/m0/s1. The van der Waals surface area contributed by atoms with Gasteiger partial charge in [0.1, 0.15) is 6.04 Å². The van der Waals surface area contributed by atoms with Gasteiger partial charge in [0.05, 0.1) is 12.2 Å². The first kappa shape index (κ1) is 20.2. The summed E-state index contributed by atoms with van der Waals surface area (Å²) < 4.78 is 1.66. The molecule has 1 aliphatic carbocycles. The van der Waals surface area contributed by atoms with E-state index in [-0.39, 0.29) is 23.4 Å². The Kier molecular flexibility index (Phi) is 5.61. The Morgan fingerprint density at radius 2 is 1.97 bits per heavy atom. The van der Waals surface area contributed by atoms with E-state index in [0.29, 0.717) is 24.7 Å². The van der Waals surface area contributed by atoms with E-state index in [9.17, 15) is 14.4 Å². The quantitative estimate of drug-likeness (QED) is 0.792. The Labute approximate surface area is 176 Å². The third-order valence-electron chi connectivity index (χ3n) is 6.05. The van der Waals surface area contributed by atoms with Gasteiger partial charge >= 0.3 is 6.03 Å². The number of hydrogen-bond acceptors (Lipinski definition) is 3. The molecule has 158 valence electrons. The molecule has 3 amide bonds. The molecule has 0 saturated heterocycles. The maximum atomic E-state index is 13.3. The molecule has 4 rings (SSSR count). The Hall–Kier alpha value is -3.09. The molecule has 0 bridgehead atoms. The number of fused-ring (bicyclic) bond motifs is 1. The number of nitrogens with zero attached hydrogens (tertiary/aromatic N) is 2. The number of amides is 3. The van der Waals surface area contributed by atoms with E-state index in [1.54, 1.807) is 21.7 Å². The first-order chi connectivity index (χ1) is 14.5. The Morgan fingerprint density at radius 1 is 1.20 bits per heavy atom. The summed E-state index contributed by atoms with van der Waals surface area (Å²) in [4.78, 5) is 40.0. The van der Waals surface area contributed by atoms with Crippen LogP contribution in [-0.4, -0.2) is 27.4 Å². The minimum Gasteiger partial charge on any atom is -0.324 e. The zero-order chi connectivity index (χ0) is 21.3. The third kappa shape index (κ3) is 4.25. The van der Waals surface area contributed by atoms with Gasteiger partial charge in [-0.05, 0) is 42.4 Å². The maximum absolute atomic E-state index is 13.3. The van der Waals surface area contributed by atoms with Crippen LogP contribution in [0, 0.1) is 11.8 Å². The molecule has 0 radical (unpaired) electrons. The number of carbonyl (C=O) groups excluding carboxylic acids is 2. The van der Waals surface area contributed by atoms with Crippen molar-refractivity contribution in [1.82, 2.24) is 9.47 Å². The van der Waals surface area contributed by atoms with E-state index >= 15 is 0 Å². The minimum absolute atomic E-state index is 0.00566. The molecule has 1 aliphatic heterocycles. The topological polar surface area (TPSA) is 83.4 Å². The highest BCUT2D eigenvalue weighted by Crippen LogP contribution is 2.30. The van der Waals surface area contributed by atoms with Crippen molar-refractivity contribution in [2.24, 2.45) is 11.8 Å². The number of hydrogen-bond donors (Lipinski definition) is 2. The van der Waals surface area contributed by atoms with Crippen molar-refractivity contribution < 1.29 is 9.59 Å². The lowest BCUT2D eigenvalue weighted by atomic mass is 9.97. The summed E-state index contributed by atoms with van der Waals surface area (Å²) in [5.74, 6) is 0.367. The second kappa shape index (κ2) is 8.34. The summed E-state index contributed by atoms with van der Waals surface area (Å²) in [7, 11) is 0. The van der Waals surface area contributed by atoms with Gasteiger partial charge in [0.25, 0.3) is 5.56 Å². The number of pyridine rings is 1. The van der Waals surface area contributed by atoms with Gasteiger partial charge in [0, 0.05) is 24.5 Å². The van der Waals surface area contributed by atoms with Gasteiger partial charge in [-0.25, -0.2) is 4.79 Å².